The zero-order valence-electron chi connectivity index (χ0n) is 9.88. The molecule has 0 spiro atoms. The van der Waals surface area contributed by atoms with Crippen LogP contribution >= 0.6 is 0 Å². The van der Waals surface area contributed by atoms with Crippen molar-refractivity contribution in [3.05, 3.63) is 48.0 Å². The average Bonchev–Trinajstić information content (AvgIpc) is 2.82. The van der Waals surface area contributed by atoms with Crippen LogP contribution in [0.2, 0.25) is 0 Å². The van der Waals surface area contributed by atoms with Crippen LogP contribution in [0.5, 0.6) is 0 Å². The SMILES string of the molecule is Nc1ccc(-c2nc3ccc(C(=O)[O-])cc3[nH]2)cc1. The number of nitrogen functional groups attached to an aromatic ring is 1. The van der Waals surface area contributed by atoms with Crippen molar-refractivity contribution >= 4 is 22.7 Å². The quantitative estimate of drug-likeness (QED) is 0.669. The van der Waals surface area contributed by atoms with Gasteiger partial charge >= 0.3 is 0 Å². The molecule has 0 aliphatic carbocycles. The summed E-state index contributed by atoms with van der Waals surface area (Å²) >= 11 is 0. The van der Waals surface area contributed by atoms with Gasteiger partial charge in [-0.05, 0) is 42.0 Å². The molecule has 0 aliphatic rings. The fourth-order valence-corrected chi connectivity index (χ4v) is 1.91. The van der Waals surface area contributed by atoms with Crippen molar-refractivity contribution in [2.75, 3.05) is 5.73 Å². The molecule has 94 valence electrons. The monoisotopic (exact) mass is 252 g/mol. The third-order valence-corrected chi connectivity index (χ3v) is 2.90. The minimum Gasteiger partial charge on any atom is -0.545 e. The Hall–Kier alpha value is -2.82. The number of anilines is 1. The number of nitrogens with two attached hydrogens (primary N) is 1. The first kappa shape index (κ1) is 11.3. The van der Waals surface area contributed by atoms with Gasteiger partial charge in [0.05, 0.1) is 17.0 Å². The molecule has 0 unspecified atom stereocenters. The van der Waals surface area contributed by atoms with Gasteiger partial charge in [-0.1, -0.05) is 6.07 Å². The number of carboxylic acid groups (broad SMARTS) is 1. The summed E-state index contributed by atoms with van der Waals surface area (Å²) in [6.45, 7) is 0. The number of carbonyl (C=O) groups excluding carboxylic acids is 1. The van der Waals surface area contributed by atoms with Crippen LogP contribution in [0.25, 0.3) is 22.4 Å². The summed E-state index contributed by atoms with van der Waals surface area (Å²) in [6, 6.07) is 11.9. The number of carbonyl (C=O) groups is 1. The Labute approximate surface area is 108 Å². The molecule has 2 aromatic carbocycles. The second-order valence-corrected chi connectivity index (χ2v) is 4.23. The Bertz CT molecular complexity index is 760. The number of nitrogens with one attached hydrogen (secondary N) is 1. The van der Waals surface area contributed by atoms with Gasteiger partial charge in [-0.3, -0.25) is 0 Å². The minimum absolute atomic E-state index is 0.125. The van der Waals surface area contributed by atoms with Gasteiger partial charge in [-0.2, -0.15) is 0 Å². The van der Waals surface area contributed by atoms with E-state index in [1.165, 1.54) is 12.1 Å². The third-order valence-electron chi connectivity index (χ3n) is 2.90. The van der Waals surface area contributed by atoms with E-state index >= 15 is 0 Å². The topological polar surface area (TPSA) is 94.8 Å². The molecule has 5 heteroatoms. The summed E-state index contributed by atoms with van der Waals surface area (Å²) in [7, 11) is 0. The number of aromatic amines is 1. The van der Waals surface area contributed by atoms with Gasteiger partial charge in [0.1, 0.15) is 5.82 Å². The summed E-state index contributed by atoms with van der Waals surface area (Å²) < 4.78 is 0. The fraction of sp³-hybridized carbons (Fsp3) is 0. The molecule has 0 amide bonds. The van der Waals surface area contributed by atoms with Gasteiger partial charge in [0.2, 0.25) is 0 Å². The average molecular weight is 252 g/mol. The number of fused-ring (bicyclic) bond motifs is 1. The Morgan fingerprint density at radius 1 is 1.16 bits per heavy atom. The number of nitrogens with zero attached hydrogens (tertiary/aromatic N) is 1. The molecule has 1 aromatic heterocycles. The van der Waals surface area contributed by atoms with Crippen LogP contribution in [-0.4, -0.2) is 15.9 Å². The molecule has 19 heavy (non-hydrogen) atoms. The molecule has 3 rings (SSSR count). The molecule has 0 saturated heterocycles. The predicted octanol–water partition coefficient (Wildman–Crippen LogP) is 1.18. The maximum Gasteiger partial charge on any atom is 0.138 e. The lowest BCUT2D eigenvalue weighted by Gasteiger charge is -2.00. The molecule has 3 aromatic rings. The Balaban J connectivity index is 2.11. The van der Waals surface area contributed by atoms with Crippen LogP contribution in [0.3, 0.4) is 0 Å². The number of benzene rings is 2. The highest BCUT2D eigenvalue weighted by atomic mass is 16.4. The van der Waals surface area contributed by atoms with E-state index in [1.54, 1.807) is 18.2 Å². The van der Waals surface area contributed by atoms with E-state index in [-0.39, 0.29) is 5.56 Å². The standard InChI is InChI=1S/C14H11N3O2/c15-10-4-1-8(2-5-10)13-16-11-6-3-9(14(18)19)7-12(11)17-13/h1-7H,15H2,(H,16,17)(H,18,19)/p-1. The molecule has 0 fully saturated rings. The fourth-order valence-electron chi connectivity index (χ4n) is 1.91. The van der Waals surface area contributed by atoms with E-state index in [4.69, 9.17) is 5.73 Å². The van der Waals surface area contributed by atoms with Gasteiger partial charge in [0.25, 0.3) is 0 Å². The highest BCUT2D eigenvalue weighted by molar-refractivity contribution is 5.91. The van der Waals surface area contributed by atoms with Crippen LogP contribution < -0.4 is 10.8 Å². The minimum atomic E-state index is -1.20. The number of H-pyrrole nitrogens is 1. The number of aromatic nitrogens is 2. The number of carboxylic acids is 1. The molecule has 0 bridgehead atoms. The summed E-state index contributed by atoms with van der Waals surface area (Å²) in [5, 5.41) is 10.8. The summed E-state index contributed by atoms with van der Waals surface area (Å²) in [5.74, 6) is -0.531. The van der Waals surface area contributed by atoms with Crippen LogP contribution in [0.1, 0.15) is 10.4 Å². The molecular formula is C14H10N3O2-. The highest BCUT2D eigenvalue weighted by Crippen LogP contribution is 2.22. The maximum atomic E-state index is 10.8. The first-order valence-corrected chi connectivity index (χ1v) is 5.70. The largest absolute Gasteiger partial charge is 0.545 e. The first-order chi connectivity index (χ1) is 9.13. The summed E-state index contributed by atoms with van der Waals surface area (Å²) in [5.41, 5.74) is 8.69. The third kappa shape index (κ3) is 2.01. The van der Waals surface area contributed by atoms with Crippen LogP contribution in [0.4, 0.5) is 5.69 Å². The predicted molar refractivity (Wildman–Crippen MR) is 70.3 cm³/mol. The molecule has 1 heterocycles. The van der Waals surface area contributed by atoms with Gasteiger partial charge in [-0.25, -0.2) is 4.98 Å². The Morgan fingerprint density at radius 3 is 2.58 bits per heavy atom. The molecule has 0 saturated carbocycles. The van der Waals surface area contributed by atoms with Gasteiger partial charge in [0, 0.05) is 11.3 Å². The van der Waals surface area contributed by atoms with Crippen molar-refractivity contribution in [2.45, 2.75) is 0 Å². The van der Waals surface area contributed by atoms with E-state index in [2.05, 4.69) is 9.97 Å². The van der Waals surface area contributed by atoms with E-state index in [1.807, 2.05) is 12.1 Å². The molecule has 0 atom stereocenters. The van der Waals surface area contributed by atoms with Gasteiger partial charge < -0.3 is 20.6 Å². The zero-order chi connectivity index (χ0) is 13.4. The van der Waals surface area contributed by atoms with Crippen molar-refractivity contribution < 1.29 is 9.90 Å². The van der Waals surface area contributed by atoms with Crippen molar-refractivity contribution in [3.63, 3.8) is 0 Å². The molecule has 0 radical (unpaired) electrons. The Morgan fingerprint density at radius 2 is 1.89 bits per heavy atom. The van der Waals surface area contributed by atoms with Crippen molar-refractivity contribution in [1.29, 1.82) is 0 Å². The lowest BCUT2D eigenvalue weighted by atomic mass is 10.2. The molecule has 0 aliphatic heterocycles. The maximum absolute atomic E-state index is 10.8. The number of hydrogen-bond donors (Lipinski definition) is 2. The van der Waals surface area contributed by atoms with E-state index in [9.17, 15) is 9.90 Å². The number of imidazole rings is 1. The number of aromatic carboxylic acids is 1. The van der Waals surface area contributed by atoms with E-state index in [0.29, 0.717) is 22.5 Å². The first-order valence-electron chi connectivity index (χ1n) is 5.70. The Kier molecular flexibility index (Phi) is 2.45. The summed E-state index contributed by atoms with van der Waals surface area (Å²) in [4.78, 5) is 18.3. The second kappa shape index (κ2) is 4.13. The van der Waals surface area contributed by atoms with Crippen LogP contribution in [0, 0.1) is 0 Å². The van der Waals surface area contributed by atoms with Crippen molar-refractivity contribution in [2.24, 2.45) is 0 Å². The lowest BCUT2D eigenvalue weighted by Crippen LogP contribution is -2.21. The second-order valence-electron chi connectivity index (χ2n) is 4.23. The highest BCUT2D eigenvalue weighted by Gasteiger charge is 2.06. The molecular weight excluding hydrogens is 242 g/mol. The number of rotatable bonds is 2. The van der Waals surface area contributed by atoms with E-state index < -0.39 is 5.97 Å². The molecule has 3 N–H and O–H groups in total. The normalized spacial score (nSPS) is 10.7. The number of hydrogen-bond acceptors (Lipinski definition) is 4. The van der Waals surface area contributed by atoms with Crippen molar-refractivity contribution in [1.82, 2.24) is 9.97 Å². The van der Waals surface area contributed by atoms with Gasteiger partial charge in [-0.15, -0.1) is 0 Å². The van der Waals surface area contributed by atoms with Gasteiger partial charge in [0.15, 0.2) is 0 Å². The van der Waals surface area contributed by atoms with Crippen LogP contribution in [0.15, 0.2) is 42.5 Å². The molecule has 5 nitrogen and oxygen atoms in total. The lowest BCUT2D eigenvalue weighted by molar-refractivity contribution is -0.255. The zero-order valence-corrected chi connectivity index (χ0v) is 9.88. The summed E-state index contributed by atoms with van der Waals surface area (Å²) in [6.07, 6.45) is 0. The smallest absolute Gasteiger partial charge is 0.138 e. The van der Waals surface area contributed by atoms with E-state index in [0.717, 1.165) is 5.56 Å². The van der Waals surface area contributed by atoms with Crippen LogP contribution in [-0.2, 0) is 0 Å². The van der Waals surface area contributed by atoms with Crippen molar-refractivity contribution in [3.8, 4) is 11.4 Å².